The topological polar surface area (TPSA) is 83.6 Å². The Balaban J connectivity index is 1.46. The fourth-order valence-electron chi connectivity index (χ4n) is 3.69. The number of carbonyl (C=O) groups is 2. The van der Waals surface area contributed by atoms with Gasteiger partial charge in [-0.3, -0.25) is 9.59 Å². The van der Waals surface area contributed by atoms with E-state index in [0.29, 0.717) is 38.9 Å². The lowest BCUT2D eigenvalue weighted by molar-refractivity contribution is -0.120. The van der Waals surface area contributed by atoms with Crippen molar-refractivity contribution in [2.24, 2.45) is 5.92 Å². The summed E-state index contributed by atoms with van der Waals surface area (Å²) in [6, 6.07) is 16.9. The molecule has 0 saturated carbocycles. The summed E-state index contributed by atoms with van der Waals surface area (Å²) in [6.45, 7) is 0.535. The van der Waals surface area contributed by atoms with Gasteiger partial charge in [0.15, 0.2) is 5.78 Å². The van der Waals surface area contributed by atoms with Gasteiger partial charge in [-0.15, -0.1) is 11.3 Å². The highest BCUT2D eigenvalue weighted by Gasteiger charge is 2.33. The van der Waals surface area contributed by atoms with E-state index in [4.69, 9.17) is 11.6 Å². The molecule has 2 heterocycles. The summed E-state index contributed by atoms with van der Waals surface area (Å²) in [5.74, 6) is -0.819. The van der Waals surface area contributed by atoms with Gasteiger partial charge in [0.2, 0.25) is 5.91 Å². The Bertz CT molecular complexity index is 1220. The Kier molecular flexibility index (Phi) is 6.76. The molecule has 166 valence electrons. The van der Waals surface area contributed by atoms with Gasteiger partial charge in [0.05, 0.1) is 5.69 Å². The van der Waals surface area contributed by atoms with Crippen LogP contribution in [0, 0.1) is 5.92 Å². The smallest absolute Gasteiger partial charge is 0.252 e. The highest BCUT2D eigenvalue weighted by atomic mass is 35.5. The number of hydrogen-bond acceptors (Lipinski definition) is 5. The van der Waals surface area contributed by atoms with Gasteiger partial charge in [0, 0.05) is 35.2 Å². The third kappa shape index (κ3) is 4.78. The molecule has 1 aliphatic rings. The Morgan fingerprint density at radius 1 is 1.00 bits per heavy atom. The summed E-state index contributed by atoms with van der Waals surface area (Å²) in [6.07, 6.45) is 0.804. The third-order valence-electron chi connectivity index (χ3n) is 5.43. The zero-order chi connectivity index (χ0) is 22.7. The van der Waals surface area contributed by atoms with Crippen LogP contribution in [0.1, 0.15) is 28.8 Å². The normalized spacial score (nSPS) is 15.4. The van der Waals surface area contributed by atoms with E-state index in [0.717, 1.165) is 0 Å². The first kappa shape index (κ1) is 22.7. The maximum atomic E-state index is 12.9. The quantitative estimate of drug-likeness (QED) is 0.511. The number of benzene rings is 2. The van der Waals surface area contributed by atoms with Gasteiger partial charge in [0.25, 0.3) is 10.0 Å². The van der Waals surface area contributed by atoms with Crippen molar-refractivity contribution < 1.29 is 18.0 Å². The number of hydrogen-bond donors (Lipinski definition) is 1. The monoisotopic (exact) mass is 488 g/mol. The molecule has 2 aromatic carbocycles. The van der Waals surface area contributed by atoms with E-state index in [1.165, 1.54) is 15.6 Å². The lowest BCUT2D eigenvalue weighted by Crippen LogP contribution is -2.41. The second-order valence-corrected chi connectivity index (χ2v) is 11.0. The first-order valence-electron chi connectivity index (χ1n) is 10.1. The van der Waals surface area contributed by atoms with Crippen LogP contribution in [0.3, 0.4) is 0 Å². The van der Waals surface area contributed by atoms with Crippen molar-refractivity contribution >= 4 is 50.3 Å². The Morgan fingerprint density at radius 2 is 1.72 bits per heavy atom. The molecule has 32 heavy (non-hydrogen) atoms. The number of sulfonamides is 1. The minimum absolute atomic E-state index is 0.213. The van der Waals surface area contributed by atoms with Crippen LogP contribution in [0.25, 0.3) is 0 Å². The van der Waals surface area contributed by atoms with E-state index in [-0.39, 0.29) is 30.7 Å². The number of carbonyl (C=O) groups excluding carboxylic acids is 2. The molecule has 1 fully saturated rings. The summed E-state index contributed by atoms with van der Waals surface area (Å²) < 4.78 is 27.1. The predicted octanol–water partition coefficient (Wildman–Crippen LogP) is 4.67. The Hall–Kier alpha value is -2.52. The van der Waals surface area contributed by atoms with Gasteiger partial charge in [-0.2, -0.15) is 4.31 Å². The number of anilines is 1. The average molecular weight is 489 g/mol. The standard InChI is InChI=1S/C23H21ClN2O4S2/c24-18-8-9-19(22(27)16-5-2-1-3-6-16)20(15-18)25-23(28)17-10-12-26(13-11-17)32(29,30)21-7-4-14-31-21/h1-9,14-15,17H,10-13H2,(H,25,28). The summed E-state index contributed by atoms with van der Waals surface area (Å²) >= 11 is 7.30. The maximum Gasteiger partial charge on any atom is 0.252 e. The van der Waals surface area contributed by atoms with Gasteiger partial charge in [-0.05, 0) is 42.5 Å². The van der Waals surface area contributed by atoms with Crippen molar-refractivity contribution in [1.82, 2.24) is 4.31 Å². The van der Waals surface area contributed by atoms with E-state index >= 15 is 0 Å². The number of halogens is 1. The van der Waals surface area contributed by atoms with Crippen molar-refractivity contribution in [1.29, 1.82) is 0 Å². The van der Waals surface area contributed by atoms with Crippen molar-refractivity contribution in [3.8, 4) is 0 Å². The lowest BCUT2D eigenvalue weighted by atomic mass is 9.96. The van der Waals surface area contributed by atoms with Crippen LogP contribution in [0.4, 0.5) is 5.69 Å². The SMILES string of the molecule is O=C(c1ccccc1)c1ccc(Cl)cc1NC(=O)C1CCN(S(=O)(=O)c2cccs2)CC1. The molecule has 4 rings (SSSR count). The zero-order valence-corrected chi connectivity index (χ0v) is 19.4. The fraction of sp³-hybridized carbons (Fsp3) is 0.217. The molecule has 3 aromatic rings. The first-order chi connectivity index (χ1) is 15.4. The summed E-state index contributed by atoms with van der Waals surface area (Å²) in [7, 11) is -3.52. The Labute approximate surface area is 195 Å². The highest BCUT2D eigenvalue weighted by Crippen LogP contribution is 2.29. The van der Waals surface area contributed by atoms with Gasteiger partial charge >= 0.3 is 0 Å². The molecule has 0 radical (unpaired) electrons. The summed E-state index contributed by atoms with van der Waals surface area (Å²) in [4.78, 5) is 25.9. The van der Waals surface area contributed by atoms with Crippen LogP contribution in [-0.2, 0) is 14.8 Å². The van der Waals surface area contributed by atoms with Crippen molar-refractivity contribution in [3.63, 3.8) is 0 Å². The zero-order valence-electron chi connectivity index (χ0n) is 17.0. The number of amides is 1. The Morgan fingerprint density at radius 3 is 2.38 bits per heavy atom. The van der Waals surface area contributed by atoms with Crippen molar-refractivity contribution in [2.45, 2.75) is 17.1 Å². The molecule has 0 spiro atoms. The predicted molar refractivity (Wildman–Crippen MR) is 126 cm³/mol. The number of rotatable bonds is 6. The molecule has 1 aromatic heterocycles. The second-order valence-electron chi connectivity index (χ2n) is 7.48. The van der Waals surface area contributed by atoms with E-state index in [1.54, 1.807) is 60.0 Å². The molecule has 0 aliphatic carbocycles. The molecular weight excluding hydrogens is 468 g/mol. The van der Waals surface area contributed by atoms with Crippen LogP contribution in [0.15, 0.2) is 70.3 Å². The molecule has 1 saturated heterocycles. The van der Waals surface area contributed by atoms with Crippen LogP contribution in [0.2, 0.25) is 5.02 Å². The molecule has 0 atom stereocenters. The summed E-state index contributed by atoms with van der Waals surface area (Å²) in [5.41, 5.74) is 1.22. The van der Waals surface area contributed by atoms with E-state index in [9.17, 15) is 18.0 Å². The largest absolute Gasteiger partial charge is 0.325 e. The number of thiophene rings is 1. The molecule has 6 nitrogen and oxygen atoms in total. The number of piperidine rings is 1. The lowest BCUT2D eigenvalue weighted by Gasteiger charge is -2.30. The first-order valence-corrected chi connectivity index (χ1v) is 12.8. The third-order valence-corrected chi connectivity index (χ3v) is 8.94. The van der Waals surface area contributed by atoms with Crippen LogP contribution < -0.4 is 5.32 Å². The fourth-order valence-corrected chi connectivity index (χ4v) is 6.48. The van der Waals surface area contributed by atoms with Gasteiger partial charge in [0.1, 0.15) is 4.21 Å². The van der Waals surface area contributed by atoms with Crippen molar-refractivity contribution in [3.05, 3.63) is 82.2 Å². The molecule has 0 bridgehead atoms. The van der Waals surface area contributed by atoms with E-state index in [2.05, 4.69) is 5.32 Å². The number of nitrogens with zero attached hydrogens (tertiary/aromatic N) is 1. The van der Waals surface area contributed by atoms with E-state index in [1.807, 2.05) is 6.07 Å². The highest BCUT2D eigenvalue weighted by molar-refractivity contribution is 7.91. The van der Waals surface area contributed by atoms with Gasteiger partial charge < -0.3 is 5.32 Å². The maximum absolute atomic E-state index is 12.9. The minimum atomic E-state index is -3.52. The number of ketones is 1. The molecular formula is C23H21ClN2O4S2. The summed E-state index contributed by atoms with van der Waals surface area (Å²) in [5, 5.41) is 4.98. The average Bonchev–Trinajstić information content (AvgIpc) is 3.35. The molecule has 9 heteroatoms. The minimum Gasteiger partial charge on any atom is -0.325 e. The second kappa shape index (κ2) is 9.54. The van der Waals surface area contributed by atoms with Gasteiger partial charge in [-0.25, -0.2) is 8.42 Å². The molecule has 1 N–H and O–H groups in total. The molecule has 1 aliphatic heterocycles. The van der Waals surface area contributed by atoms with Crippen LogP contribution in [-0.4, -0.2) is 37.5 Å². The van der Waals surface area contributed by atoms with Crippen LogP contribution in [0.5, 0.6) is 0 Å². The molecule has 0 unspecified atom stereocenters. The van der Waals surface area contributed by atoms with Gasteiger partial charge in [-0.1, -0.05) is 48.0 Å². The van der Waals surface area contributed by atoms with Crippen molar-refractivity contribution in [2.75, 3.05) is 18.4 Å². The number of nitrogens with one attached hydrogen (secondary N) is 1. The van der Waals surface area contributed by atoms with Crippen LogP contribution >= 0.6 is 22.9 Å². The molecule has 1 amide bonds. The van der Waals surface area contributed by atoms with E-state index < -0.39 is 10.0 Å².